The van der Waals surface area contributed by atoms with Gasteiger partial charge in [-0.1, -0.05) is 196 Å². The van der Waals surface area contributed by atoms with Crippen LogP contribution in [0.3, 0.4) is 0 Å². The van der Waals surface area contributed by atoms with E-state index >= 15 is 0 Å². The second kappa shape index (κ2) is 17.3. The summed E-state index contributed by atoms with van der Waals surface area (Å²) in [5, 5.41) is 7.02. The fourth-order valence-electron chi connectivity index (χ4n) is 10.5. The van der Waals surface area contributed by atoms with Gasteiger partial charge in [-0.3, -0.25) is 4.57 Å². The average Bonchev–Trinajstić information content (AvgIpc) is 4.09. The van der Waals surface area contributed by atoms with Gasteiger partial charge in [0.25, 0.3) is 0 Å². The van der Waals surface area contributed by atoms with Gasteiger partial charge in [-0.05, 0) is 82.9 Å². The van der Waals surface area contributed by atoms with Gasteiger partial charge in [0.05, 0.1) is 33.1 Å². The lowest BCUT2D eigenvalue weighted by Crippen LogP contribution is -2.06. The monoisotopic (exact) mass is 910 g/mol. The Labute approximate surface area is 411 Å². The maximum Gasteiger partial charge on any atom is 0.238 e. The lowest BCUT2D eigenvalue weighted by atomic mass is 10.0. The number of hydrogen-bond donors (Lipinski definition) is 0. The van der Waals surface area contributed by atoms with Crippen LogP contribution in [0, 0.1) is 0 Å². The predicted molar refractivity (Wildman–Crippen MR) is 296 cm³/mol. The molecule has 4 aromatic heterocycles. The Balaban J connectivity index is 0.00000243. The molecule has 0 fully saturated rings. The number of rotatable bonds is 7. The molecule has 0 saturated carbocycles. The van der Waals surface area contributed by atoms with Crippen LogP contribution < -0.4 is 0 Å². The zero-order valence-electron chi connectivity index (χ0n) is 39.3. The molecule has 0 atom stereocenters. The zero-order chi connectivity index (χ0) is 47.4. The highest BCUT2D eigenvalue weighted by Crippen LogP contribution is 2.41. The van der Waals surface area contributed by atoms with E-state index in [9.17, 15) is 0 Å². The standard InChI is InChI=1S/C63H40N6.C2H6/c1-5-17-41(18-6-1)45-29-33-51-49-25-13-15-27-55(49)67(59(51)37-45)47-31-35-57-53(39-47)54-40-48(68-56-28-16-14-26-50(56)52-34-30-46(38-60(52)68)42-19-7-2-8-20-42)32-36-58(54)69(57)63-65-61(43-21-9-3-10-22-43)64-62(66-63)44-23-11-4-12-24-44;1-2/h1-40H;1-2H3. The van der Waals surface area contributed by atoms with Crippen LogP contribution in [0.25, 0.3) is 128 Å². The van der Waals surface area contributed by atoms with Crippen molar-refractivity contribution in [2.75, 3.05) is 0 Å². The van der Waals surface area contributed by atoms with E-state index in [0.717, 1.165) is 66.4 Å². The molecule has 71 heavy (non-hydrogen) atoms. The second-order valence-corrected chi connectivity index (χ2v) is 17.7. The minimum Gasteiger partial charge on any atom is -0.309 e. The SMILES string of the molecule is CC.c1ccc(-c2ccc3c4ccccc4n(-c4ccc5c(c4)c4cc(-n6c7ccccc7c7ccc(-c8ccccc8)cc76)ccc4n5-c4nc(-c5ccccc5)nc(-c5ccccc5)n4)c3c2)cc1. The Morgan fingerprint density at radius 2 is 0.592 bits per heavy atom. The highest BCUT2D eigenvalue weighted by Gasteiger charge is 2.22. The molecule has 0 N–H and O–H groups in total. The number of nitrogens with zero attached hydrogens (tertiary/aromatic N) is 6. The van der Waals surface area contributed by atoms with Crippen molar-refractivity contribution >= 4 is 65.4 Å². The van der Waals surface area contributed by atoms with Gasteiger partial charge in [0.2, 0.25) is 5.95 Å². The summed E-state index contributed by atoms with van der Waals surface area (Å²) in [4.78, 5) is 15.6. The van der Waals surface area contributed by atoms with Crippen LogP contribution in [0.1, 0.15) is 13.8 Å². The summed E-state index contributed by atoms with van der Waals surface area (Å²) in [5.74, 6) is 1.78. The van der Waals surface area contributed by atoms with Crippen molar-refractivity contribution in [3.63, 3.8) is 0 Å². The smallest absolute Gasteiger partial charge is 0.238 e. The van der Waals surface area contributed by atoms with Gasteiger partial charge in [0.1, 0.15) is 0 Å². The van der Waals surface area contributed by atoms with Crippen molar-refractivity contribution in [1.82, 2.24) is 28.7 Å². The summed E-state index contributed by atoms with van der Waals surface area (Å²) < 4.78 is 7.06. The van der Waals surface area contributed by atoms with Crippen LogP contribution in [-0.4, -0.2) is 28.7 Å². The predicted octanol–water partition coefficient (Wildman–Crippen LogP) is 16.9. The second-order valence-electron chi connectivity index (χ2n) is 17.7. The minimum absolute atomic E-state index is 0.553. The molecule has 0 saturated heterocycles. The molecule has 6 nitrogen and oxygen atoms in total. The molecule has 336 valence electrons. The zero-order valence-corrected chi connectivity index (χ0v) is 39.3. The van der Waals surface area contributed by atoms with Crippen molar-refractivity contribution in [3.8, 4) is 62.4 Å². The van der Waals surface area contributed by atoms with Gasteiger partial charge in [0.15, 0.2) is 11.6 Å². The first-order valence-electron chi connectivity index (χ1n) is 24.4. The van der Waals surface area contributed by atoms with Gasteiger partial charge in [0, 0.05) is 54.8 Å². The van der Waals surface area contributed by atoms with E-state index in [-0.39, 0.29) is 0 Å². The van der Waals surface area contributed by atoms with Crippen molar-refractivity contribution in [2.24, 2.45) is 0 Å². The summed E-state index contributed by atoms with van der Waals surface area (Å²) >= 11 is 0. The van der Waals surface area contributed by atoms with Crippen LogP contribution in [0.15, 0.2) is 243 Å². The van der Waals surface area contributed by atoms with E-state index in [0.29, 0.717) is 17.6 Å². The molecule has 0 aliphatic heterocycles. The minimum atomic E-state index is 0.553. The maximum atomic E-state index is 5.29. The molecular formula is C65H46N6. The van der Waals surface area contributed by atoms with Crippen LogP contribution in [0.5, 0.6) is 0 Å². The van der Waals surface area contributed by atoms with E-state index in [4.69, 9.17) is 15.0 Å². The molecule has 0 radical (unpaired) electrons. The Kier molecular flexibility index (Phi) is 10.2. The fourth-order valence-corrected chi connectivity index (χ4v) is 10.5. The third-order valence-corrected chi connectivity index (χ3v) is 13.7. The molecule has 0 aliphatic rings. The Morgan fingerprint density at radius 3 is 1.01 bits per heavy atom. The number of para-hydroxylation sites is 2. The van der Waals surface area contributed by atoms with E-state index in [1.165, 1.54) is 43.8 Å². The third-order valence-electron chi connectivity index (χ3n) is 13.7. The molecule has 6 heteroatoms. The topological polar surface area (TPSA) is 53.5 Å². The highest BCUT2D eigenvalue weighted by atomic mass is 15.2. The molecule has 0 unspecified atom stereocenters. The molecule has 14 rings (SSSR count). The molecule has 0 spiro atoms. The van der Waals surface area contributed by atoms with Crippen molar-refractivity contribution in [2.45, 2.75) is 13.8 Å². The first-order chi connectivity index (χ1) is 35.2. The molecule has 4 heterocycles. The number of benzene rings is 10. The third kappa shape index (κ3) is 6.99. The summed E-state index contributed by atoms with van der Waals surface area (Å²) in [6, 6.07) is 86.5. The van der Waals surface area contributed by atoms with Gasteiger partial charge < -0.3 is 9.13 Å². The number of aromatic nitrogens is 6. The molecule has 0 bridgehead atoms. The maximum absolute atomic E-state index is 5.29. The molecule has 0 amide bonds. The number of fused-ring (bicyclic) bond motifs is 9. The Morgan fingerprint density at radius 1 is 0.239 bits per heavy atom. The first kappa shape index (κ1) is 41.8. The van der Waals surface area contributed by atoms with Gasteiger partial charge >= 0.3 is 0 Å². The van der Waals surface area contributed by atoms with E-state index < -0.39 is 0 Å². The normalized spacial score (nSPS) is 11.5. The van der Waals surface area contributed by atoms with Crippen LogP contribution >= 0.6 is 0 Å². The van der Waals surface area contributed by atoms with Gasteiger partial charge in [-0.15, -0.1) is 0 Å². The quantitative estimate of drug-likeness (QED) is 0.160. The van der Waals surface area contributed by atoms with Crippen LogP contribution in [0.4, 0.5) is 0 Å². The number of hydrogen-bond acceptors (Lipinski definition) is 3. The molecule has 0 aliphatic carbocycles. The average molecular weight is 911 g/mol. The van der Waals surface area contributed by atoms with Crippen LogP contribution in [0.2, 0.25) is 0 Å². The van der Waals surface area contributed by atoms with Gasteiger partial charge in [-0.2, -0.15) is 9.97 Å². The molecule has 14 aromatic rings. The van der Waals surface area contributed by atoms with E-state index in [1.807, 2.05) is 50.2 Å². The summed E-state index contributed by atoms with van der Waals surface area (Å²) in [7, 11) is 0. The molecular weight excluding hydrogens is 865 g/mol. The summed E-state index contributed by atoms with van der Waals surface area (Å²) in [5.41, 5.74) is 15.3. The summed E-state index contributed by atoms with van der Waals surface area (Å²) in [6.07, 6.45) is 0. The largest absolute Gasteiger partial charge is 0.309 e. The van der Waals surface area contributed by atoms with Gasteiger partial charge in [-0.25, -0.2) is 4.98 Å². The highest BCUT2D eigenvalue weighted by molar-refractivity contribution is 6.14. The van der Waals surface area contributed by atoms with Crippen molar-refractivity contribution in [1.29, 1.82) is 0 Å². The summed E-state index contributed by atoms with van der Waals surface area (Å²) in [6.45, 7) is 4.00. The first-order valence-corrected chi connectivity index (χ1v) is 24.4. The molecule has 10 aromatic carbocycles. The lowest BCUT2D eigenvalue weighted by molar-refractivity contribution is 0.953. The fraction of sp³-hybridized carbons (Fsp3) is 0.0308. The Bertz CT molecular complexity index is 4010. The van der Waals surface area contributed by atoms with Crippen molar-refractivity contribution in [3.05, 3.63) is 243 Å². The van der Waals surface area contributed by atoms with Crippen molar-refractivity contribution < 1.29 is 0 Å². The van der Waals surface area contributed by atoms with Crippen LogP contribution in [-0.2, 0) is 0 Å². The van der Waals surface area contributed by atoms with E-state index in [2.05, 4.69) is 220 Å². The Hall–Kier alpha value is -9.39. The van der Waals surface area contributed by atoms with E-state index in [1.54, 1.807) is 0 Å². The lowest BCUT2D eigenvalue weighted by Gasteiger charge is -2.12.